The molecular weight excluding hydrogens is 426 g/mol. The predicted octanol–water partition coefficient (Wildman–Crippen LogP) is 3.31. The summed E-state index contributed by atoms with van der Waals surface area (Å²) in [5.41, 5.74) is 4.54. The third-order valence-electron chi connectivity index (χ3n) is 7.65. The number of likely N-dealkylation sites (tertiary alicyclic amines) is 1. The fraction of sp³-hybridized carbons (Fsp3) is 0.536. The Morgan fingerprint density at radius 2 is 1.94 bits per heavy atom. The van der Waals surface area contributed by atoms with E-state index in [1.165, 1.54) is 36.0 Å². The Bertz CT molecular complexity index is 1010. The molecule has 0 bridgehead atoms. The molecule has 0 aromatic heterocycles. The molecule has 1 fully saturated rings. The van der Waals surface area contributed by atoms with Crippen molar-refractivity contribution in [3.63, 3.8) is 0 Å². The molecule has 0 radical (unpaired) electrons. The van der Waals surface area contributed by atoms with Crippen LogP contribution in [0.4, 0.5) is 0 Å². The normalized spacial score (nSPS) is 22.1. The molecule has 6 heteroatoms. The average molecular weight is 464 g/mol. The molecule has 0 aliphatic carbocycles. The lowest BCUT2D eigenvalue weighted by Gasteiger charge is -2.32. The van der Waals surface area contributed by atoms with E-state index in [1.807, 2.05) is 12.1 Å². The van der Waals surface area contributed by atoms with Gasteiger partial charge in [0.25, 0.3) is 5.91 Å². The fourth-order valence-electron chi connectivity index (χ4n) is 5.79. The molecule has 1 amide bonds. The van der Waals surface area contributed by atoms with Crippen molar-refractivity contribution in [3.05, 3.63) is 64.7 Å². The average Bonchev–Trinajstić information content (AvgIpc) is 3.24. The largest absolute Gasteiger partial charge is 0.491 e. The molecule has 6 nitrogen and oxygen atoms in total. The lowest BCUT2D eigenvalue weighted by atomic mass is 10.00. The van der Waals surface area contributed by atoms with Crippen molar-refractivity contribution in [3.8, 4) is 5.75 Å². The van der Waals surface area contributed by atoms with Crippen molar-refractivity contribution < 1.29 is 14.6 Å². The Morgan fingerprint density at radius 1 is 1.09 bits per heavy atom. The molecule has 0 spiro atoms. The van der Waals surface area contributed by atoms with Crippen LogP contribution in [0.15, 0.2) is 42.5 Å². The van der Waals surface area contributed by atoms with Crippen molar-refractivity contribution in [1.82, 2.24) is 14.7 Å². The lowest BCUT2D eigenvalue weighted by molar-refractivity contribution is 0.0501. The molecule has 3 aliphatic heterocycles. The van der Waals surface area contributed by atoms with E-state index in [0.29, 0.717) is 43.6 Å². The van der Waals surface area contributed by atoms with Crippen LogP contribution in [0.25, 0.3) is 0 Å². The summed E-state index contributed by atoms with van der Waals surface area (Å²) in [5, 5.41) is 10.8. The van der Waals surface area contributed by atoms with Gasteiger partial charge in [-0.15, -0.1) is 0 Å². The molecular formula is C28H37N3O3. The number of β-amino-alcohol motifs (C(OH)–C–C–N with tert-alkyl or cyclic N) is 1. The van der Waals surface area contributed by atoms with Gasteiger partial charge in [0.15, 0.2) is 0 Å². The minimum atomic E-state index is -0.587. The van der Waals surface area contributed by atoms with E-state index in [0.717, 1.165) is 32.6 Å². The predicted molar refractivity (Wildman–Crippen MR) is 133 cm³/mol. The zero-order valence-corrected chi connectivity index (χ0v) is 20.3. The summed E-state index contributed by atoms with van der Waals surface area (Å²) in [7, 11) is 0. The van der Waals surface area contributed by atoms with Crippen LogP contribution in [0.3, 0.4) is 0 Å². The van der Waals surface area contributed by atoms with Gasteiger partial charge in [-0.25, -0.2) is 0 Å². The maximum absolute atomic E-state index is 13.3. The van der Waals surface area contributed by atoms with Crippen molar-refractivity contribution in [2.75, 3.05) is 39.3 Å². The lowest BCUT2D eigenvalue weighted by Crippen LogP contribution is -2.44. The van der Waals surface area contributed by atoms with Crippen molar-refractivity contribution in [2.24, 2.45) is 0 Å². The number of carbonyl (C=O) groups excluding carboxylic acids is 1. The van der Waals surface area contributed by atoms with E-state index in [2.05, 4.69) is 47.1 Å². The van der Waals surface area contributed by atoms with Crippen molar-refractivity contribution in [1.29, 1.82) is 0 Å². The highest BCUT2D eigenvalue weighted by molar-refractivity contribution is 5.97. The first-order chi connectivity index (χ1) is 16.6. The number of fused-ring (bicyclic) bond motifs is 2. The highest BCUT2D eigenvalue weighted by Crippen LogP contribution is 2.28. The quantitative estimate of drug-likeness (QED) is 0.683. The topological polar surface area (TPSA) is 56.2 Å². The van der Waals surface area contributed by atoms with Gasteiger partial charge in [-0.1, -0.05) is 37.3 Å². The summed E-state index contributed by atoms with van der Waals surface area (Å²) < 4.78 is 6.00. The first-order valence-electron chi connectivity index (χ1n) is 12.9. The van der Waals surface area contributed by atoms with Crippen LogP contribution in [-0.4, -0.2) is 77.2 Å². The molecule has 1 unspecified atom stereocenters. The maximum atomic E-state index is 13.3. The number of aliphatic hydroxyl groups is 1. The van der Waals surface area contributed by atoms with E-state index in [4.69, 9.17) is 4.74 Å². The second kappa shape index (κ2) is 10.5. The fourth-order valence-corrected chi connectivity index (χ4v) is 5.79. The van der Waals surface area contributed by atoms with Gasteiger partial charge in [0.2, 0.25) is 0 Å². The van der Waals surface area contributed by atoms with Gasteiger partial charge < -0.3 is 14.7 Å². The summed E-state index contributed by atoms with van der Waals surface area (Å²) in [5.74, 6) is 0.633. The van der Waals surface area contributed by atoms with Gasteiger partial charge in [-0.05, 0) is 61.1 Å². The smallest absolute Gasteiger partial charge is 0.257 e. The minimum Gasteiger partial charge on any atom is -0.491 e. The Labute approximate surface area is 203 Å². The highest BCUT2D eigenvalue weighted by atomic mass is 16.5. The molecule has 3 aliphatic rings. The summed E-state index contributed by atoms with van der Waals surface area (Å²) in [6.07, 6.45) is 4.14. The van der Waals surface area contributed by atoms with Crippen LogP contribution >= 0.6 is 0 Å². The van der Waals surface area contributed by atoms with E-state index in [9.17, 15) is 9.90 Å². The number of ether oxygens (including phenoxy) is 1. The summed E-state index contributed by atoms with van der Waals surface area (Å²) in [6.45, 7) is 7.94. The van der Waals surface area contributed by atoms with Gasteiger partial charge in [0.05, 0.1) is 18.2 Å². The second-order valence-corrected chi connectivity index (χ2v) is 10.0. The minimum absolute atomic E-state index is 0.0466. The monoisotopic (exact) mass is 463 g/mol. The van der Waals surface area contributed by atoms with E-state index >= 15 is 0 Å². The molecule has 2 aromatic carbocycles. The number of carbonyl (C=O) groups is 1. The zero-order valence-electron chi connectivity index (χ0n) is 20.3. The van der Waals surface area contributed by atoms with Crippen LogP contribution in [0.1, 0.15) is 53.2 Å². The van der Waals surface area contributed by atoms with Crippen LogP contribution in [0.2, 0.25) is 0 Å². The van der Waals surface area contributed by atoms with Crippen molar-refractivity contribution >= 4 is 5.91 Å². The molecule has 3 heterocycles. The second-order valence-electron chi connectivity index (χ2n) is 10.0. The van der Waals surface area contributed by atoms with Gasteiger partial charge in [-0.3, -0.25) is 14.6 Å². The zero-order chi connectivity index (χ0) is 23.5. The number of benzene rings is 2. The van der Waals surface area contributed by atoms with Crippen LogP contribution < -0.4 is 4.74 Å². The summed E-state index contributed by atoms with van der Waals surface area (Å²) in [6, 6.07) is 15.2. The van der Waals surface area contributed by atoms with Gasteiger partial charge >= 0.3 is 0 Å². The molecule has 0 saturated carbocycles. The third-order valence-corrected chi connectivity index (χ3v) is 7.65. The molecule has 34 heavy (non-hydrogen) atoms. The van der Waals surface area contributed by atoms with Gasteiger partial charge in [-0.2, -0.15) is 0 Å². The van der Waals surface area contributed by atoms with Crippen LogP contribution in [-0.2, 0) is 19.5 Å². The maximum Gasteiger partial charge on any atom is 0.257 e. The first-order valence-corrected chi connectivity index (χ1v) is 12.9. The highest BCUT2D eigenvalue weighted by Gasteiger charge is 2.28. The van der Waals surface area contributed by atoms with Crippen LogP contribution in [0, 0.1) is 0 Å². The standard InChI is InChI=1S/C28H37N3O3/c1-2-24-8-5-12-30(24)17-21-9-10-26-27(16-21)34-15-14-31(28(26)33)20-25(32)19-29-13-11-22-6-3-4-7-23(22)18-29/h3-4,6-7,9-10,16,24-25,32H,2,5,8,11-15,17-20H2,1H3/t24?,25-/m1/s1. The number of aliphatic hydroxyl groups excluding tert-OH is 1. The first kappa shape index (κ1) is 23.3. The Balaban J connectivity index is 1.20. The summed E-state index contributed by atoms with van der Waals surface area (Å²) in [4.78, 5) is 19.9. The Hall–Kier alpha value is -2.41. The number of nitrogens with zero attached hydrogens (tertiary/aromatic N) is 3. The number of hydrogen-bond acceptors (Lipinski definition) is 5. The number of amides is 1. The Kier molecular flexibility index (Phi) is 7.18. The van der Waals surface area contributed by atoms with Crippen LogP contribution in [0.5, 0.6) is 5.75 Å². The SMILES string of the molecule is CCC1CCCN1Cc1ccc2c(c1)OCCN(C[C@H](O)CN1CCc3ccccc3C1)C2=O. The molecule has 1 saturated heterocycles. The molecule has 2 atom stereocenters. The van der Waals surface area contributed by atoms with Gasteiger partial charge in [0.1, 0.15) is 12.4 Å². The number of rotatable bonds is 7. The van der Waals surface area contributed by atoms with Gasteiger partial charge in [0, 0.05) is 38.8 Å². The van der Waals surface area contributed by atoms with E-state index < -0.39 is 6.10 Å². The number of hydrogen-bond donors (Lipinski definition) is 1. The Morgan fingerprint density at radius 3 is 2.79 bits per heavy atom. The molecule has 182 valence electrons. The van der Waals surface area contributed by atoms with E-state index in [-0.39, 0.29) is 5.91 Å². The third kappa shape index (κ3) is 5.14. The molecule has 2 aromatic rings. The molecule has 1 N–H and O–H groups in total. The molecule has 5 rings (SSSR count). The summed E-state index contributed by atoms with van der Waals surface area (Å²) >= 11 is 0. The van der Waals surface area contributed by atoms with Crippen molar-refractivity contribution in [2.45, 2.75) is 57.8 Å². The van der Waals surface area contributed by atoms with E-state index in [1.54, 1.807) is 4.90 Å².